The summed E-state index contributed by atoms with van der Waals surface area (Å²) in [6, 6.07) is 15.2. The molecule has 0 radical (unpaired) electrons. The Morgan fingerprint density at radius 2 is 1.87 bits per heavy atom. The molecule has 0 amide bonds. The summed E-state index contributed by atoms with van der Waals surface area (Å²) < 4.78 is 21.7. The summed E-state index contributed by atoms with van der Waals surface area (Å²) in [5.74, 6) is 0.680. The van der Waals surface area contributed by atoms with Crippen LogP contribution in [0.1, 0.15) is 28.9 Å². The van der Waals surface area contributed by atoms with Crippen LogP contribution in [0.5, 0.6) is 5.75 Å². The number of hydrogen-bond acceptors (Lipinski definition) is 4. The van der Waals surface area contributed by atoms with Crippen LogP contribution < -0.4 is 4.74 Å². The number of aromatic nitrogens is 4. The largest absolute Gasteiger partial charge is 0.493 e. The highest BCUT2D eigenvalue weighted by atomic mass is 19.1. The van der Waals surface area contributed by atoms with Crippen molar-refractivity contribution in [2.45, 2.75) is 33.7 Å². The molecule has 0 unspecified atom stereocenters. The third kappa shape index (κ3) is 5.34. The van der Waals surface area contributed by atoms with Crippen LogP contribution in [-0.4, -0.2) is 51.9 Å². The number of nitrogens with zero attached hydrogens (tertiary/aromatic N) is 4. The number of benzene rings is 2. The molecule has 3 aromatic heterocycles. The number of ether oxygens (including phenoxy) is 1. The number of nitrogens with one attached hydrogen (secondary N) is 1. The second kappa shape index (κ2) is 10.8. The molecule has 0 fully saturated rings. The Labute approximate surface area is 223 Å². The van der Waals surface area contributed by atoms with Gasteiger partial charge in [0.25, 0.3) is 0 Å². The highest BCUT2D eigenvalue weighted by Gasteiger charge is 2.18. The van der Waals surface area contributed by atoms with Crippen LogP contribution in [0.2, 0.25) is 0 Å². The van der Waals surface area contributed by atoms with E-state index >= 15 is 0 Å². The van der Waals surface area contributed by atoms with Crippen LogP contribution in [0.3, 0.4) is 0 Å². The number of aryl methyl sites for hydroxylation is 2. The standard InChI is InChI=1S/C31H34FN5O/c1-20-14-24(10-11-29(20)38-13-7-12-36(4)5)25-16-27-28(18-34-31(27)33-17-25)30-21(2)35-37(22(30)3)19-23-8-6-9-26(32)15-23/h6,8-11,14-18H,7,12-13,19H2,1-5H3,(H,33,34). The van der Waals surface area contributed by atoms with Crippen molar-refractivity contribution in [3.05, 3.63) is 89.3 Å². The van der Waals surface area contributed by atoms with Gasteiger partial charge < -0.3 is 14.6 Å². The van der Waals surface area contributed by atoms with Gasteiger partial charge in [-0.3, -0.25) is 4.68 Å². The van der Waals surface area contributed by atoms with Crippen molar-refractivity contribution in [1.29, 1.82) is 0 Å². The fraction of sp³-hybridized carbons (Fsp3) is 0.290. The van der Waals surface area contributed by atoms with E-state index in [1.165, 1.54) is 6.07 Å². The lowest BCUT2D eigenvalue weighted by molar-refractivity contribution is 0.280. The van der Waals surface area contributed by atoms with Crippen molar-refractivity contribution in [2.75, 3.05) is 27.2 Å². The van der Waals surface area contributed by atoms with Crippen LogP contribution in [-0.2, 0) is 6.54 Å². The summed E-state index contributed by atoms with van der Waals surface area (Å²) in [6.45, 7) is 8.37. The molecule has 196 valence electrons. The zero-order valence-corrected chi connectivity index (χ0v) is 22.7. The minimum Gasteiger partial charge on any atom is -0.493 e. The van der Waals surface area contributed by atoms with E-state index in [0.29, 0.717) is 13.2 Å². The van der Waals surface area contributed by atoms with E-state index in [1.54, 1.807) is 12.1 Å². The Hall–Kier alpha value is -3.97. The second-order valence-electron chi connectivity index (χ2n) is 10.1. The highest BCUT2D eigenvalue weighted by Crippen LogP contribution is 2.35. The fourth-order valence-electron chi connectivity index (χ4n) is 4.97. The lowest BCUT2D eigenvalue weighted by Crippen LogP contribution is -2.15. The van der Waals surface area contributed by atoms with E-state index in [9.17, 15) is 4.39 Å². The molecule has 3 heterocycles. The van der Waals surface area contributed by atoms with E-state index in [0.717, 1.165) is 74.5 Å². The number of hydrogen-bond donors (Lipinski definition) is 1. The topological polar surface area (TPSA) is 59.0 Å². The first-order valence-electron chi connectivity index (χ1n) is 12.9. The zero-order chi connectivity index (χ0) is 26.8. The molecule has 0 aliphatic heterocycles. The van der Waals surface area contributed by atoms with Gasteiger partial charge in [0, 0.05) is 46.7 Å². The van der Waals surface area contributed by atoms with Crippen molar-refractivity contribution in [3.8, 4) is 28.0 Å². The van der Waals surface area contributed by atoms with Gasteiger partial charge in [-0.05, 0) is 88.3 Å². The van der Waals surface area contributed by atoms with Gasteiger partial charge >= 0.3 is 0 Å². The molecule has 0 aliphatic rings. The molecule has 0 aliphatic carbocycles. The smallest absolute Gasteiger partial charge is 0.137 e. The SMILES string of the molecule is Cc1cc(-c2cnc3[nH]cc(-c4c(C)nn(Cc5cccc(F)c5)c4C)c3c2)ccc1OCCCN(C)C. The Balaban J connectivity index is 1.43. The molecule has 5 aromatic rings. The highest BCUT2D eigenvalue weighted by molar-refractivity contribution is 5.97. The van der Waals surface area contributed by atoms with Gasteiger partial charge in [0.2, 0.25) is 0 Å². The first-order chi connectivity index (χ1) is 18.3. The molecule has 2 aromatic carbocycles. The van der Waals surface area contributed by atoms with Gasteiger partial charge in [-0.1, -0.05) is 18.2 Å². The molecule has 0 bridgehead atoms. The van der Waals surface area contributed by atoms with Crippen LogP contribution >= 0.6 is 0 Å². The van der Waals surface area contributed by atoms with Crippen molar-refractivity contribution < 1.29 is 9.13 Å². The Kier molecular flexibility index (Phi) is 7.29. The number of H-pyrrole nitrogens is 1. The van der Waals surface area contributed by atoms with Crippen molar-refractivity contribution in [3.63, 3.8) is 0 Å². The number of pyridine rings is 1. The lowest BCUT2D eigenvalue weighted by atomic mass is 10.00. The first-order valence-corrected chi connectivity index (χ1v) is 12.9. The van der Waals surface area contributed by atoms with E-state index in [-0.39, 0.29) is 5.82 Å². The van der Waals surface area contributed by atoms with Gasteiger partial charge in [0.05, 0.1) is 18.8 Å². The first kappa shape index (κ1) is 25.7. The predicted octanol–water partition coefficient (Wildman–Crippen LogP) is 6.54. The monoisotopic (exact) mass is 511 g/mol. The number of fused-ring (bicyclic) bond motifs is 1. The third-order valence-electron chi connectivity index (χ3n) is 6.92. The molecule has 0 atom stereocenters. The summed E-state index contributed by atoms with van der Waals surface area (Å²) >= 11 is 0. The number of halogens is 1. The van der Waals surface area contributed by atoms with Gasteiger partial charge in [-0.25, -0.2) is 9.37 Å². The van der Waals surface area contributed by atoms with Gasteiger partial charge in [-0.15, -0.1) is 0 Å². The van der Waals surface area contributed by atoms with Crippen LogP contribution in [0, 0.1) is 26.6 Å². The maximum absolute atomic E-state index is 13.7. The van der Waals surface area contributed by atoms with Gasteiger partial charge in [-0.2, -0.15) is 5.10 Å². The summed E-state index contributed by atoms with van der Waals surface area (Å²) in [6.07, 6.45) is 4.89. The summed E-state index contributed by atoms with van der Waals surface area (Å²) in [4.78, 5) is 10.2. The molecule has 0 saturated heterocycles. The maximum Gasteiger partial charge on any atom is 0.137 e. The van der Waals surface area contributed by atoms with Crippen LogP contribution in [0.4, 0.5) is 4.39 Å². The van der Waals surface area contributed by atoms with Crippen molar-refractivity contribution >= 4 is 11.0 Å². The zero-order valence-electron chi connectivity index (χ0n) is 22.7. The van der Waals surface area contributed by atoms with E-state index in [4.69, 9.17) is 14.8 Å². The summed E-state index contributed by atoms with van der Waals surface area (Å²) in [5, 5.41) is 5.83. The van der Waals surface area contributed by atoms with Crippen LogP contribution in [0.15, 0.2) is 60.9 Å². The molecule has 1 N–H and O–H groups in total. The summed E-state index contributed by atoms with van der Waals surface area (Å²) in [7, 11) is 4.14. The number of rotatable bonds is 9. The van der Waals surface area contributed by atoms with Crippen LogP contribution in [0.25, 0.3) is 33.3 Å². The van der Waals surface area contributed by atoms with Crippen molar-refractivity contribution in [2.24, 2.45) is 0 Å². The average Bonchev–Trinajstić information content (AvgIpc) is 3.41. The Morgan fingerprint density at radius 1 is 1.03 bits per heavy atom. The molecule has 7 heteroatoms. The second-order valence-corrected chi connectivity index (χ2v) is 10.1. The lowest BCUT2D eigenvalue weighted by Gasteiger charge is -2.13. The molecule has 6 nitrogen and oxygen atoms in total. The minimum atomic E-state index is -0.237. The molecule has 5 rings (SSSR count). The minimum absolute atomic E-state index is 0.237. The van der Waals surface area contributed by atoms with Gasteiger partial charge in [0.15, 0.2) is 0 Å². The molecular formula is C31H34FN5O. The van der Waals surface area contributed by atoms with E-state index < -0.39 is 0 Å². The third-order valence-corrected chi connectivity index (χ3v) is 6.92. The molecule has 38 heavy (non-hydrogen) atoms. The van der Waals surface area contributed by atoms with Crippen molar-refractivity contribution in [1.82, 2.24) is 24.6 Å². The fourth-order valence-corrected chi connectivity index (χ4v) is 4.97. The summed E-state index contributed by atoms with van der Waals surface area (Å²) in [5.41, 5.74) is 9.05. The number of aromatic amines is 1. The molecule has 0 saturated carbocycles. The van der Waals surface area contributed by atoms with Gasteiger partial charge in [0.1, 0.15) is 17.2 Å². The maximum atomic E-state index is 13.7. The average molecular weight is 512 g/mol. The Bertz CT molecular complexity index is 1580. The normalized spacial score (nSPS) is 11.6. The quantitative estimate of drug-likeness (QED) is 0.228. The van der Waals surface area contributed by atoms with E-state index in [1.807, 2.05) is 36.1 Å². The molecular weight excluding hydrogens is 477 g/mol. The predicted molar refractivity (Wildman–Crippen MR) is 151 cm³/mol. The van der Waals surface area contributed by atoms with E-state index in [2.05, 4.69) is 56.0 Å². The molecule has 0 spiro atoms. The Morgan fingerprint density at radius 3 is 2.63 bits per heavy atom.